The van der Waals surface area contributed by atoms with E-state index in [0.717, 1.165) is 18.4 Å². The van der Waals surface area contributed by atoms with Crippen molar-refractivity contribution in [2.24, 2.45) is 0 Å². The lowest BCUT2D eigenvalue weighted by molar-refractivity contribution is 0.431. The third-order valence-corrected chi connectivity index (χ3v) is 5.50. The molecule has 0 saturated heterocycles. The van der Waals surface area contributed by atoms with E-state index in [1.54, 1.807) is 29.1 Å². The van der Waals surface area contributed by atoms with Crippen molar-refractivity contribution in [3.05, 3.63) is 81.2 Å². The Kier molecular flexibility index (Phi) is 6.79. The number of aromatic hydroxyl groups is 1. The van der Waals surface area contributed by atoms with Crippen molar-refractivity contribution in [2.75, 3.05) is 0 Å². The van der Waals surface area contributed by atoms with Gasteiger partial charge >= 0.3 is 0 Å². The Morgan fingerprint density at radius 1 is 1.21 bits per heavy atom. The van der Waals surface area contributed by atoms with E-state index in [4.69, 9.17) is 16.0 Å². The molecule has 0 fully saturated rings. The van der Waals surface area contributed by atoms with E-state index in [2.05, 4.69) is 32.1 Å². The van der Waals surface area contributed by atoms with Crippen LogP contribution in [0.3, 0.4) is 0 Å². The van der Waals surface area contributed by atoms with Gasteiger partial charge in [-0.3, -0.25) is 19.3 Å². The molecule has 4 heterocycles. The van der Waals surface area contributed by atoms with E-state index in [-0.39, 0.29) is 29.8 Å². The van der Waals surface area contributed by atoms with Crippen LogP contribution in [0.4, 0.5) is 0 Å². The molecule has 4 rings (SSSR count). The summed E-state index contributed by atoms with van der Waals surface area (Å²) in [5.74, 6) is 0.216. The SMILES string of the molecule is CCCCc1nc(O)c(-c2nnc(Cc3ccc(Cl)cn3)o2)c(=O)n1C(C)c1cccnc1. The minimum atomic E-state index is -0.454. The van der Waals surface area contributed by atoms with Gasteiger partial charge in [-0.15, -0.1) is 10.2 Å². The first kappa shape index (κ1) is 22.6. The van der Waals surface area contributed by atoms with Gasteiger partial charge in [0.15, 0.2) is 5.56 Å². The summed E-state index contributed by atoms with van der Waals surface area (Å²) in [5.41, 5.74) is 0.934. The number of halogens is 1. The molecular formula is C23H23ClN6O3. The largest absolute Gasteiger partial charge is 0.493 e. The first-order chi connectivity index (χ1) is 16.0. The normalized spacial score (nSPS) is 12.1. The second-order valence-electron chi connectivity index (χ2n) is 7.61. The van der Waals surface area contributed by atoms with E-state index in [0.29, 0.717) is 23.0 Å². The summed E-state index contributed by atoms with van der Waals surface area (Å²) in [5, 5.41) is 19.2. The van der Waals surface area contributed by atoms with Crippen molar-refractivity contribution in [3.63, 3.8) is 0 Å². The van der Waals surface area contributed by atoms with Crippen LogP contribution in [0.5, 0.6) is 5.88 Å². The molecule has 4 aromatic heterocycles. The standard InChI is InChI=1S/C23H23ClN6O3/c1-3-4-7-18-27-21(31)20(23(32)30(18)14(2)15-6-5-10-25-12-15)22-29-28-19(33-22)11-17-9-8-16(24)13-26-17/h5-6,8-10,12-14,31H,3-4,7,11H2,1-2H3. The molecular weight excluding hydrogens is 444 g/mol. The molecule has 9 nitrogen and oxygen atoms in total. The quantitative estimate of drug-likeness (QED) is 0.414. The molecule has 0 aromatic carbocycles. The zero-order chi connectivity index (χ0) is 23.4. The van der Waals surface area contributed by atoms with Gasteiger partial charge in [0, 0.05) is 30.7 Å². The number of unbranched alkanes of at least 4 members (excludes halogenated alkanes) is 1. The summed E-state index contributed by atoms with van der Waals surface area (Å²) in [6.07, 6.45) is 7.45. The first-order valence-electron chi connectivity index (χ1n) is 10.7. The summed E-state index contributed by atoms with van der Waals surface area (Å²) in [6.45, 7) is 3.94. The van der Waals surface area contributed by atoms with E-state index in [1.807, 2.05) is 19.1 Å². The molecule has 10 heteroatoms. The molecule has 0 spiro atoms. The first-order valence-corrected chi connectivity index (χ1v) is 11.0. The van der Waals surface area contributed by atoms with Crippen LogP contribution in [0.25, 0.3) is 11.5 Å². The van der Waals surface area contributed by atoms with Crippen LogP contribution >= 0.6 is 11.6 Å². The second-order valence-corrected chi connectivity index (χ2v) is 8.05. The third kappa shape index (κ3) is 4.93. The predicted molar refractivity (Wildman–Crippen MR) is 122 cm³/mol. The van der Waals surface area contributed by atoms with Crippen LogP contribution in [0.2, 0.25) is 5.02 Å². The van der Waals surface area contributed by atoms with Crippen molar-refractivity contribution in [3.8, 4) is 17.3 Å². The van der Waals surface area contributed by atoms with Gasteiger partial charge in [0.05, 0.1) is 17.5 Å². The van der Waals surface area contributed by atoms with Crippen molar-refractivity contribution >= 4 is 11.6 Å². The van der Waals surface area contributed by atoms with Crippen LogP contribution in [-0.4, -0.2) is 34.8 Å². The highest BCUT2D eigenvalue weighted by molar-refractivity contribution is 6.30. The fraction of sp³-hybridized carbons (Fsp3) is 0.304. The summed E-state index contributed by atoms with van der Waals surface area (Å²) >= 11 is 5.87. The molecule has 0 radical (unpaired) electrons. The molecule has 1 unspecified atom stereocenters. The Bertz CT molecular complexity index is 1290. The summed E-state index contributed by atoms with van der Waals surface area (Å²) in [4.78, 5) is 26.3. The Balaban J connectivity index is 1.75. The van der Waals surface area contributed by atoms with Gasteiger partial charge < -0.3 is 9.52 Å². The maximum absolute atomic E-state index is 13.6. The highest BCUT2D eigenvalue weighted by atomic mass is 35.5. The average Bonchev–Trinajstić information content (AvgIpc) is 3.27. The molecule has 0 aliphatic carbocycles. The number of pyridine rings is 2. The Labute approximate surface area is 195 Å². The molecule has 1 N–H and O–H groups in total. The zero-order valence-electron chi connectivity index (χ0n) is 18.3. The maximum Gasteiger partial charge on any atom is 0.270 e. The number of nitrogens with zero attached hydrogens (tertiary/aromatic N) is 6. The maximum atomic E-state index is 13.6. The summed E-state index contributed by atoms with van der Waals surface area (Å²) < 4.78 is 7.27. The monoisotopic (exact) mass is 466 g/mol. The molecule has 0 aliphatic rings. The minimum Gasteiger partial charge on any atom is -0.493 e. The van der Waals surface area contributed by atoms with Gasteiger partial charge in [-0.1, -0.05) is 31.0 Å². The number of hydrogen-bond acceptors (Lipinski definition) is 8. The van der Waals surface area contributed by atoms with E-state index in [1.165, 1.54) is 6.20 Å². The topological polar surface area (TPSA) is 120 Å². The predicted octanol–water partition coefficient (Wildman–Crippen LogP) is 3.99. The lowest BCUT2D eigenvalue weighted by Crippen LogP contribution is -2.30. The third-order valence-electron chi connectivity index (χ3n) is 5.28. The van der Waals surface area contributed by atoms with Gasteiger partial charge in [-0.25, -0.2) is 0 Å². The van der Waals surface area contributed by atoms with E-state index in [9.17, 15) is 9.90 Å². The molecule has 0 bridgehead atoms. The number of aryl methyl sites for hydroxylation is 1. The molecule has 0 aliphatic heterocycles. The highest BCUT2D eigenvalue weighted by Crippen LogP contribution is 2.27. The lowest BCUT2D eigenvalue weighted by atomic mass is 10.1. The Morgan fingerprint density at radius 3 is 2.76 bits per heavy atom. The Hall–Kier alpha value is -3.59. The van der Waals surface area contributed by atoms with Gasteiger partial charge in [-0.05, 0) is 37.1 Å². The van der Waals surface area contributed by atoms with Crippen LogP contribution in [0, 0.1) is 0 Å². The van der Waals surface area contributed by atoms with Crippen molar-refractivity contribution in [1.82, 2.24) is 29.7 Å². The number of hydrogen-bond donors (Lipinski definition) is 1. The number of rotatable bonds is 8. The van der Waals surface area contributed by atoms with Crippen molar-refractivity contribution < 1.29 is 9.52 Å². The van der Waals surface area contributed by atoms with Gasteiger partial charge in [0.25, 0.3) is 11.4 Å². The average molecular weight is 467 g/mol. The van der Waals surface area contributed by atoms with Gasteiger partial charge in [0.2, 0.25) is 11.8 Å². The Morgan fingerprint density at radius 2 is 2.06 bits per heavy atom. The fourth-order valence-electron chi connectivity index (χ4n) is 3.53. The fourth-order valence-corrected chi connectivity index (χ4v) is 3.64. The summed E-state index contributed by atoms with van der Waals surface area (Å²) in [7, 11) is 0. The minimum absolute atomic E-state index is 0.0943. The molecule has 1 atom stereocenters. The van der Waals surface area contributed by atoms with Crippen LogP contribution < -0.4 is 5.56 Å². The number of aromatic nitrogens is 6. The second kappa shape index (κ2) is 9.91. The summed E-state index contributed by atoms with van der Waals surface area (Å²) in [6, 6.07) is 6.81. The molecule has 4 aromatic rings. The van der Waals surface area contributed by atoms with Crippen LogP contribution in [0.15, 0.2) is 52.1 Å². The lowest BCUT2D eigenvalue weighted by Gasteiger charge is -2.20. The van der Waals surface area contributed by atoms with Crippen LogP contribution in [0.1, 0.15) is 55.7 Å². The van der Waals surface area contributed by atoms with Gasteiger partial charge in [-0.2, -0.15) is 4.98 Å². The molecule has 0 amide bonds. The highest BCUT2D eigenvalue weighted by Gasteiger charge is 2.25. The zero-order valence-corrected chi connectivity index (χ0v) is 19.0. The van der Waals surface area contributed by atoms with Crippen molar-refractivity contribution in [1.29, 1.82) is 0 Å². The van der Waals surface area contributed by atoms with Gasteiger partial charge in [0.1, 0.15) is 5.82 Å². The molecule has 170 valence electrons. The van der Waals surface area contributed by atoms with E-state index >= 15 is 0 Å². The smallest absolute Gasteiger partial charge is 0.270 e. The van der Waals surface area contributed by atoms with E-state index < -0.39 is 11.4 Å². The van der Waals surface area contributed by atoms with Crippen molar-refractivity contribution in [2.45, 2.75) is 45.6 Å². The molecule has 33 heavy (non-hydrogen) atoms. The van der Waals surface area contributed by atoms with Crippen LogP contribution in [-0.2, 0) is 12.8 Å². The molecule has 0 saturated carbocycles.